The summed E-state index contributed by atoms with van der Waals surface area (Å²) in [4.78, 5) is 36.0. The second-order valence-corrected chi connectivity index (χ2v) is 11.4. The number of nitrogens with one attached hydrogen (secondary N) is 2. The first-order chi connectivity index (χ1) is 19.6. The molecule has 3 amide bonds. The molecule has 1 saturated carbocycles. The fraction of sp³-hybridized carbons (Fsp3) is 0.781. The van der Waals surface area contributed by atoms with Crippen molar-refractivity contribution in [3.8, 4) is 0 Å². The molecule has 0 aromatic rings. The van der Waals surface area contributed by atoms with Crippen LogP contribution in [0.4, 0.5) is 4.79 Å². The van der Waals surface area contributed by atoms with E-state index >= 15 is 0 Å². The molecular formula is C32H65N5O3S. The lowest BCUT2D eigenvalue weighted by atomic mass is 9.86. The molecule has 0 aromatic heterocycles. The zero-order chi connectivity index (χ0) is 32.4. The molecule has 0 radical (unpaired) electrons. The molecule has 4 N–H and O–H groups in total. The number of carbonyl (C=O) groups is 3. The molecule has 2 aliphatic carbocycles. The van der Waals surface area contributed by atoms with E-state index in [0.717, 1.165) is 38.8 Å². The molecule has 0 saturated heterocycles. The Morgan fingerprint density at radius 1 is 1.10 bits per heavy atom. The molecule has 0 spiro atoms. The van der Waals surface area contributed by atoms with Crippen LogP contribution in [0.1, 0.15) is 121 Å². The van der Waals surface area contributed by atoms with Gasteiger partial charge in [-0.2, -0.15) is 0 Å². The Balaban J connectivity index is -0.00000114. The van der Waals surface area contributed by atoms with Crippen LogP contribution in [0.15, 0.2) is 22.6 Å². The number of hydrogen-bond acceptors (Lipinski definition) is 6. The lowest BCUT2D eigenvalue weighted by Gasteiger charge is -2.34. The Morgan fingerprint density at radius 2 is 1.66 bits per heavy atom. The third-order valence-electron chi connectivity index (χ3n) is 5.88. The predicted octanol–water partition coefficient (Wildman–Crippen LogP) is 7.27. The van der Waals surface area contributed by atoms with Gasteiger partial charge in [0.2, 0.25) is 5.91 Å². The predicted molar refractivity (Wildman–Crippen MR) is 180 cm³/mol. The van der Waals surface area contributed by atoms with Gasteiger partial charge in [0.15, 0.2) is 0 Å². The SMILES string of the molecule is C1CC1.C=O.CC.CC.CC.CCCCN(C(=O)CNC(=O)NC(CN1CC2=C(C=CCC2)S1)C(C)(C)C)[C@H](C)N. The van der Waals surface area contributed by atoms with Gasteiger partial charge in [-0.1, -0.05) is 107 Å². The van der Waals surface area contributed by atoms with Crippen LogP contribution in [-0.2, 0) is 9.59 Å². The molecule has 3 rings (SSSR count). The summed E-state index contributed by atoms with van der Waals surface area (Å²) in [6.07, 6.45) is 12.7. The van der Waals surface area contributed by atoms with Crippen molar-refractivity contribution >= 4 is 30.7 Å². The van der Waals surface area contributed by atoms with Gasteiger partial charge in [0.05, 0.1) is 12.7 Å². The average Bonchev–Trinajstić information content (AvgIpc) is 3.81. The van der Waals surface area contributed by atoms with Gasteiger partial charge in [0.1, 0.15) is 6.79 Å². The number of carbonyl (C=O) groups excluding carboxylic acids is 3. The number of amides is 3. The summed E-state index contributed by atoms with van der Waals surface area (Å²) < 4.78 is 2.32. The molecule has 0 bridgehead atoms. The monoisotopic (exact) mass is 599 g/mol. The van der Waals surface area contributed by atoms with E-state index < -0.39 is 0 Å². The van der Waals surface area contributed by atoms with Gasteiger partial charge < -0.3 is 26.1 Å². The Hall–Kier alpha value is -1.84. The molecule has 3 aliphatic rings. The van der Waals surface area contributed by atoms with Gasteiger partial charge in [-0.05, 0) is 49.1 Å². The second-order valence-electron chi connectivity index (χ2n) is 10.3. The number of allylic oxidation sites excluding steroid dienone is 2. The lowest BCUT2D eigenvalue weighted by Crippen LogP contribution is -2.54. The van der Waals surface area contributed by atoms with Crippen LogP contribution in [0.5, 0.6) is 0 Å². The Labute approximate surface area is 257 Å². The van der Waals surface area contributed by atoms with Crippen molar-refractivity contribution < 1.29 is 14.4 Å². The molecule has 1 heterocycles. The van der Waals surface area contributed by atoms with Gasteiger partial charge in [0, 0.05) is 30.6 Å². The van der Waals surface area contributed by atoms with Crippen LogP contribution in [0.25, 0.3) is 0 Å². The van der Waals surface area contributed by atoms with E-state index in [-0.39, 0.29) is 36.1 Å². The molecule has 2 atom stereocenters. The van der Waals surface area contributed by atoms with E-state index in [1.54, 1.807) is 23.8 Å². The molecule has 1 unspecified atom stereocenters. The van der Waals surface area contributed by atoms with Crippen LogP contribution >= 0.6 is 11.9 Å². The Bertz CT molecular complexity index is 731. The highest BCUT2D eigenvalue weighted by Crippen LogP contribution is 2.39. The number of hydrogen-bond donors (Lipinski definition) is 3. The first-order valence-corrected chi connectivity index (χ1v) is 16.6. The van der Waals surface area contributed by atoms with Crippen molar-refractivity contribution in [1.29, 1.82) is 0 Å². The molecule has 0 aromatic carbocycles. The topological polar surface area (TPSA) is 108 Å². The second kappa shape index (κ2) is 27.0. The van der Waals surface area contributed by atoms with Crippen molar-refractivity contribution in [1.82, 2.24) is 19.8 Å². The molecule has 1 fully saturated rings. The number of nitrogens with zero attached hydrogens (tertiary/aromatic N) is 2. The number of unbranched alkanes of at least 4 members (excludes halogenated alkanes) is 1. The van der Waals surface area contributed by atoms with Gasteiger partial charge in [-0.3, -0.25) is 4.79 Å². The third kappa shape index (κ3) is 20.6. The van der Waals surface area contributed by atoms with E-state index in [1.165, 1.54) is 29.7 Å². The van der Waals surface area contributed by atoms with Crippen molar-refractivity contribution in [2.24, 2.45) is 11.1 Å². The van der Waals surface area contributed by atoms with Gasteiger partial charge in [-0.25, -0.2) is 9.10 Å². The zero-order valence-corrected chi connectivity index (χ0v) is 29.2. The van der Waals surface area contributed by atoms with Gasteiger partial charge in [-0.15, -0.1) is 0 Å². The van der Waals surface area contributed by atoms with Crippen LogP contribution < -0.4 is 16.4 Å². The normalized spacial score (nSPS) is 16.0. The van der Waals surface area contributed by atoms with Crippen LogP contribution in [0.2, 0.25) is 0 Å². The fourth-order valence-corrected chi connectivity index (χ4v) is 4.69. The minimum Gasteiger partial charge on any atom is -0.334 e. The number of urea groups is 1. The average molecular weight is 600 g/mol. The first kappa shape index (κ1) is 43.6. The lowest BCUT2D eigenvalue weighted by molar-refractivity contribution is -0.132. The summed E-state index contributed by atoms with van der Waals surface area (Å²) >= 11 is 1.78. The summed E-state index contributed by atoms with van der Waals surface area (Å²) in [6, 6.07) is -0.361. The van der Waals surface area contributed by atoms with Crippen molar-refractivity contribution in [2.75, 3.05) is 26.2 Å². The summed E-state index contributed by atoms with van der Waals surface area (Å²) in [7, 11) is 0. The highest BCUT2D eigenvalue weighted by Gasteiger charge is 2.32. The standard InChI is InChI=1S/C22H39N5O2S.C3H6.3C2H6.CH2O/c1-6-7-12-27(16(2)23)20(28)13-24-21(29)25-19(22(3,4)5)15-26-14-17-10-8-9-11-18(17)30-26;1-2-3-1;4*1-2/h9,11,16,19H,6-8,10,12-15,23H2,1-5H3,(H2,24,25,29);1-3H2;3*1-2H3;1H2/t16-,19?;;;;;/m1...../s1. The molecule has 8 nitrogen and oxygen atoms in total. The Morgan fingerprint density at radius 3 is 2.10 bits per heavy atom. The van der Waals surface area contributed by atoms with Gasteiger partial charge >= 0.3 is 6.03 Å². The minimum absolute atomic E-state index is 0.0462. The largest absolute Gasteiger partial charge is 0.334 e. The van der Waals surface area contributed by atoms with E-state index in [9.17, 15) is 9.59 Å². The number of rotatable bonds is 9. The van der Waals surface area contributed by atoms with E-state index in [1.807, 2.05) is 48.3 Å². The van der Waals surface area contributed by atoms with Crippen LogP contribution in [-0.4, -0.2) is 66.3 Å². The summed E-state index contributed by atoms with van der Waals surface area (Å²) in [6.45, 7) is 26.5. The van der Waals surface area contributed by atoms with E-state index in [2.05, 4.69) is 54.8 Å². The third-order valence-corrected chi connectivity index (χ3v) is 7.04. The van der Waals surface area contributed by atoms with Crippen molar-refractivity contribution in [2.45, 2.75) is 133 Å². The molecule has 1 aliphatic heterocycles. The molecule has 242 valence electrons. The maximum absolute atomic E-state index is 12.6. The quantitative estimate of drug-likeness (QED) is 0.190. The van der Waals surface area contributed by atoms with Crippen molar-refractivity contribution in [3.63, 3.8) is 0 Å². The minimum atomic E-state index is -0.365. The molecular weight excluding hydrogens is 534 g/mol. The Kier molecular flexibility index (Phi) is 28.7. The maximum atomic E-state index is 12.6. The highest BCUT2D eigenvalue weighted by molar-refractivity contribution is 8.01. The van der Waals surface area contributed by atoms with Crippen LogP contribution in [0, 0.1) is 5.41 Å². The van der Waals surface area contributed by atoms with E-state index in [4.69, 9.17) is 10.5 Å². The highest BCUT2D eigenvalue weighted by atomic mass is 32.2. The zero-order valence-electron chi connectivity index (χ0n) is 28.4. The molecule has 41 heavy (non-hydrogen) atoms. The summed E-state index contributed by atoms with van der Waals surface area (Å²) in [5.74, 6) is -0.153. The molecule has 9 heteroatoms. The summed E-state index contributed by atoms with van der Waals surface area (Å²) in [5, 5.41) is 5.82. The fourth-order valence-electron chi connectivity index (χ4n) is 3.52. The van der Waals surface area contributed by atoms with E-state index in [0.29, 0.717) is 6.54 Å². The number of nitrogens with two attached hydrogens (primary N) is 1. The maximum Gasteiger partial charge on any atom is 0.315 e. The smallest absolute Gasteiger partial charge is 0.315 e. The first-order valence-electron chi connectivity index (χ1n) is 15.8. The summed E-state index contributed by atoms with van der Waals surface area (Å²) in [5.41, 5.74) is 7.31. The van der Waals surface area contributed by atoms with Crippen molar-refractivity contribution in [3.05, 3.63) is 22.6 Å². The van der Waals surface area contributed by atoms with Crippen LogP contribution in [0.3, 0.4) is 0 Å². The van der Waals surface area contributed by atoms with Gasteiger partial charge in [0.25, 0.3) is 0 Å².